The van der Waals surface area contributed by atoms with Crippen LogP contribution in [-0.2, 0) is 0 Å². The Morgan fingerprint density at radius 3 is 3.00 bits per heavy atom. The number of amides is 1. The number of rotatable bonds is 5. The van der Waals surface area contributed by atoms with Crippen molar-refractivity contribution in [2.45, 2.75) is 20.3 Å². The Bertz CT molecular complexity index is 510. The number of hydrogen-bond acceptors (Lipinski definition) is 3. The zero-order valence-corrected chi connectivity index (χ0v) is 12.2. The Morgan fingerprint density at radius 2 is 2.30 bits per heavy atom. The van der Waals surface area contributed by atoms with Gasteiger partial charge in [0, 0.05) is 25.7 Å². The first-order chi connectivity index (χ1) is 9.54. The van der Waals surface area contributed by atoms with Gasteiger partial charge < -0.3 is 15.2 Å². The molecule has 0 aromatic carbocycles. The van der Waals surface area contributed by atoms with Crippen molar-refractivity contribution in [2.75, 3.05) is 26.2 Å². The number of carbonyl (C=O) groups is 1. The topological polar surface area (TPSA) is 65.2 Å². The van der Waals surface area contributed by atoms with E-state index in [9.17, 15) is 9.59 Å². The summed E-state index contributed by atoms with van der Waals surface area (Å²) in [4.78, 5) is 28.1. The SMILES string of the molecule is CC(C)CN1CC[C@@H](CNC(=O)c2cccc(=O)[nH]2)C1. The van der Waals surface area contributed by atoms with Crippen LogP contribution in [0.15, 0.2) is 23.0 Å². The number of hydrogen-bond donors (Lipinski definition) is 2. The number of likely N-dealkylation sites (tertiary alicyclic amines) is 1. The van der Waals surface area contributed by atoms with Gasteiger partial charge in [0.25, 0.3) is 5.91 Å². The third-order valence-electron chi connectivity index (χ3n) is 3.56. The lowest BCUT2D eigenvalue weighted by Gasteiger charge is -2.18. The van der Waals surface area contributed by atoms with Gasteiger partial charge in [0.05, 0.1) is 0 Å². The summed E-state index contributed by atoms with van der Waals surface area (Å²) in [7, 11) is 0. The quantitative estimate of drug-likeness (QED) is 0.846. The fourth-order valence-corrected chi connectivity index (χ4v) is 2.67. The van der Waals surface area contributed by atoms with Crippen molar-refractivity contribution in [3.05, 3.63) is 34.2 Å². The predicted molar refractivity (Wildman–Crippen MR) is 78.8 cm³/mol. The standard InChI is InChI=1S/C15H23N3O2/c1-11(2)9-18-7-6-12(10-18)8-16-15(20)13-4-3-5-14(19)17-13/h3-5,11-12H,6-10H2,1-2H3,(H,16,20)(H,17,19)/t12-/m0/s1. The van der Waals surface area contributed by atoms with E-state index in [2.05, 4.69) is 29.0 Å². The molecule has 0 aliphatic carbocycles. The van der Waals surface area contributed by atoms with Crippen molar-refractivity contribution in [1.29, 1.82) is 0 Å². The first-order valence-electron chi connectivity index (χ1n) is 7.24. The van der Waals surface area contributed by atoms with Crippen molar-refractivity contribution < 1.29 is 4.79 Å². The molecule has 1 fully saturated rings. The van der Waals surface area contributed by atoms with Gasteiger partial charge in [-0.2, -0.15) is 0 Å². The Labute approximate surface area is 119 Å². The molecular formula is C15H23N3O2. The van der Waals surface area contributed by atoms with E-state index >= 15 is 0 Å². The van der Waals surface area contributed by atoms with Crippen LogP contribution in [0.2, 0.25) is 0 Å². The van der Waals surface area contributed by atoms with E-state index in [0.29, 0.717) is 24.1 Å². The van der Waals surface area contributed by atoms with E-state index in [-0.39, 0.29) is 11.5 Å². The monoisotopic (exact) mass is 277 g/mol. The summed E-state index contributed by atoms with van der Waals surface area (Å²) in [6, 6.07) is 4.61. The molecule has 110 valence electrons. The minimum atomic E-state index is -0.248. The number of carbonyl (C=O) groups excluding carboxylic acids is 1. The summed E-state index contributed by atoms with van der Waals surface area (Å²) >= 11 is 0. The minimum Gasteiger partial charge on any atom is -0.350 e. The van der Waals surface area contributed by atoms with Gasteiger partial charge >= 0.3 is 0 Å². The number of nitrogens with zero attached hydrogens (tertiary/aromatic N) is 1. The van der Waals surface area contributed by atoms with Crippen molar-refractivity contribution in [3.63, 3.8) is 0 Å². The summed E-state index contributed by atoms with van der Waals surface area (Å²) in [5, 5.41) is 2.91. The lowest BCUT2D eigenvalue weighted by molar-refractivity contribution is 0.0942. The average molecular weight is 277 g/mol. The Morgan fingerprint density at radius 1 is 1.50 bits per heavy atom. The smallest absolute Gasteiger partial charge is 0.267 e. The molecule has 2 N–H and O–H groups in total. The zero-order valence-electron chi connectivity index (χ0n) is 12.2. The second-order valence-corrected chi connectivity index (χ2v) is 5.95. The Balaban J connectivity index is 1.79. The van der Waals surface area contributed by atoms with Crippen molar-refractivity contribution in [2.24, 2.45) is 11.8 Å². The first-order valence-corrected chi connectivity index (χ1v) is 7.24. The van der Waals surface area contributed by atoms with E-state index in [1.807, 2.05) is 0 Å². The Hall–Kier alpha value is -1.62. The first kappa shape index (κ1) is 14.8. The third kappa shape index (κ3) is 4.20. The van der Waals surface area contributed by atoms with Gasteiger partial charge in [-0.25, -0.2) is 0 Å². The van der Waals surface area contributed by atoms with E-state index in [0.717, 1.165) is 26.1 Å². The van der Waals surface area contributed by atoms with E-state index in [1.165, 1.54) is 6.07 Å². The molecule has 5 heteroatoms. The summed E-state index contributed by atoms with van der Waals surface area (Å²) in [6.45, 7) is 8.40. The molecule has 0 saturated carbocycles. The maximum Gasteiger partial charge on any atom is 0.267 e. The van der Waals surface area contributed by atoms with Crippen LogP contribution in [-0.4, -0.2) is 42.0 Å². The Kier molecular flexibility index (Phi) is 4.95. The molecule has 1 aromatic rings. The van der Waals surface area contributed by atoms with E-state index in [4.69, 9.17) is 0 Å². The normalized spacial score (nSPS) is 19.4. The van der Waals surface area contributed by atoms with Crippen molar-refractivity contribution in [1.82, 2.24) is 15.2 Å². The number of nitrogens with one attached hydrogen (secondary N) is 2. The second kappa shape index (κ2) is 6.70. The van der Waals surface area contributed by atoms with Gasteiger partial charge in [-0.15, -0.1) is 0 Å². The molecule has 1 aliphatic heterocycles. The van der Waals surface area contributed by atoms with Crippen LogP contribution < -0.4 is 10.9 Å². The highest BCUT2D eigenvalue weighted by Crippen LogP contribution is 2.16. The molecule has 0 radical (unpaired) electrons. The maximum atomic E-state index is 11.9. The lowest BCUT2D eigenvalue weighted by Crippen LogP contribution is -2.32. The lowest BCUT2D eigenvalue weighted by atomic mass is 10.1. The van der Waals surface area contributed by atoms with Crippen LogP contribution in [0.25, 0.3) is 0 Å². The summed E-state index contributed by atoms with van der Waals surface area (Å²) in [5.74, 6) is 0.982. The molecule has 1 aromatic heterocycles. The molecule has 1 atom stereocenters. The van der Waals surface area contributed by atoms with Gasteiger partial charge in [-0.05, 0) is 30.9 Å². The molecular weight excluding hydrogens is 254 g/mol. The molecule has 0 bridgehead atoms. The molecule has 5 nitrogen and oxygen atoms in total. The second-order valence-electron chi connectivity index (χ2n) is 5.95. The number of pyridine rings is 1. The van der Waals surface area contributed by atoms with Crippen LogP contribution in [0.5, 0.6) is 0 Å². The highest BCUT2D eigenvalue weighted by molar-refractivity contribution is 5.92. The summed E-state index contributed by atoms with van der Waals surface area (Å²) < 4.78 is 0. The largest absolute Gasteiger partial charge is 0.350 e. The van der Waals surface area contributed by atoms with Gasteiger partial charge in [0.1, 0.15) is 5.69 Å². The van der Waals surface area contributed by atoms with Crippen LogP contribution >= 0.6 is 0 Å². The summed E-state index contributed by atoms with van der Waals surface area (Å²) in [5.41, 5.74) is 0.0798. The number of aromatic nitrogens is 1. The van der Waals surface area contributed by atoms with Crippen molar-refractivity contribution in [3.8, 4) is 0 Å². The van der Waals surface area contributed by atoms with Gasteiger partial charge in [0.2, 0.25) is 5.56 Å². The molecule has 2 rings (SSSR count). The van der Waals surface area contributed by atoms with E-state index in [1.54, 1.807) is 12.1 Å². The molecule has 1 aliphatic rings. The molecule has 0 spiro atoms. The fourth-order valence-electron chi connectivity index (χ4n) is 2.67. The average Bonchev–Trinajstić information content (AvgIpc) is 2.82. The highest BCUT2D eigenvalue weighted by atomic mass is 16.2. The van der Waals surface area contributed by atoms with Crippen LogP contribution in [0, 0.1) is 11.8 Å². The van der Waals surface area contributed by atoms with Crippen LogP contribution in [0.4, 0.5) is 0 Å². The van der Waals surface area contributed by atoms with Gasteiger partial charge in [0.15, 0.2) is 0 Å². The minimum absolute atomic E-state index is 0.204. The fraction of sp³-hybridized carbons (Fsp3) is 0.600. The molecule has 0 unspecified atom stereocenters. The van der Waals surface area contributed by atoms with Gasteiger partial charge in [-0.1, -0.05) is 19.9 Å². The van der Waals surface area contributed by atoms with Crippen LogP contribution in [0.3, 0.4) is 0 Å². The third-order valence-corrected chi connectivity index (χ3v) is 3.56. The molecule has 20 heavy (non-hydrogen) atoms. The maximum absolute atomic E-state index is 11.9. The zero-order chi connectivity index (χ0) is 14.5. The number of H-pyrrole nitrogens is 1. The van der Waals surface area contributed by atoms with E-state index < -0.39 is 0 Å². The number of aromatic amines is 1. The molecule has 2 heterocycles. The predicted octanol–water partition coefficient (Wildman–Crippen LogP) is 1.08. The van der Waals surface area contributed by atoms with Crippen molar-refractivity contribution >= 4 is 5.91 Å². The van der Waals surface area contributed by atoms with Gasteiger partial charge in [-0.3, -0.25) is 9.59 Å². The molecule has 1 amide bonds. The summed E-state index contributed by atoms with van der Waals surface area (Å²) in [6.07, 6.45) is 1.12. The highest BCUT2D eigenvalue weighted by Gasteiger charge is 2.23. The molecule has 1 saturated heterocycles. The van der Waals surface area contributed by atoms with Crippen LogP contribution in [0.1, 0.15) is 30.8 Å².